The monoisotopic (exact) mass is 387 g/mol. The fraction of sp³-hybridized carbons (Fsp3) is 0.250. The molecule has 0 fully saturated rings. The van der Waals surface area contributed by atoms with E-state index < -0.39 is 11.6 Å². The lowest BCUT2D eigenvalue weighted by Crippen LogP contribution is -2.23. The molecule has 2 rings (SSSR count). The first kappa shape index (κ1) is 15.4. The van der Waals surface area contributed by atoms with E-state index in [-0.39, 0.29) is 6.04 Å². The number of likely N-dealkylation sites (N-methyl/N-ethyl adjacent to an activating group) is 1. The van der Waals surface area contributed by atoms with Crippen LogP contribution in [-0.2, 0) is 6.42 Å². The van der Waals surface area contributed by atoms with Gasteiger partial charge in [-0.05, 0) is 70.9 Å². The summed E-state index contributed by atoms with van der Waals surface area (Å²) in [4.78, 5) is 0. The Bertz CT molecular complexity index is 549. The van der Waals surface area contributed by atoms with Crippen molar-refractivity contribution in [3.05, 3.63) is 68.8 Å². The average molecular weight is 387 g/mol. The average Bonchev–Trinajstić information content (AvgIpc) is 2.39. The molecule has 2 aromatic carbocycles. The second-order valence-electron chi connectivity index (χ2n) is 4.64. The first-order chi connectivity index (χ1) is 9.58. The normalized spacial score (nSPS) is 12.4. The highest BCUT2D eigenvalue weighted by molar-refractivity contribution is 14.1. The molecule has 106 valence electrons. The second kappa shape index (κ2) is 7.13. The third kappa shape index (κ3) is 4.24. The molecule has 2 aromatic rings. The molecule has 0 saturated heterocycles. The number of halogens is 3. The SMILES string of the molecule is CCNC(Cc1ccc(I)cc1)c1cc(F)cc(F)c1. The summed E-state index contributed by atoms with van der Waals surface area (Å²) in [7, 11) is 0. The van der Waals surface area contributed by atoms with E-state index in [0.29, 0.717) is 12.0 Å². The molecule has 4 heteroatoms. The zero-order valence-corrected chi connectivity index (χ0v) is 13.3. The van der Waals surface area contributed by atoms with Gasteiger partial charge in [0.2, 0.25) is 0 Å². The molecular weight excluding hydrogens is 371 g/mol. The zero-order chi connectivity index (χ0) is 14.5. The van der Waals surface area contributed by atoms with E-state index in [0.717, 1.165) is 18.2 Å². The van der Waals surface area contributed by atoms with Gasteiger partial charge in [-0.1, -0.05) is 19.1 Å². The standard InChI is InChI=1S/C16H16F2IN/c1-2-20-16(7-11-3-5-15(19)6-4-11)12-8-13(17)10-14(18)9-12/h3-6,8-10,16,20H,2,7H2,1H3. The van der Waals surface area contributed by atoms with Crippen LogP contribution in [0.4, 0.5) is 8.78 Å². The van der Waals surface area contributed by atoms with Gasteiger partial charge in [0, 0.05) is 15.7 Å². The van der Waals surface area contributed by atoms with Gasteiger partial charge in [-0.15, -0.1) is 0 Å². The van der Waals surface area contributed by atoms with Gasteiger partial charge in [0.15, 0.2) is 0 Å². The molecule has 20 heavy (non-hydrogen) atoms. The topological polar surface area (TPSA) is 12.0 Å². The Labute approximate surface area is 131 Å². The van der Waals surface area contributed by atoms with Crippen LogP contribution in [0.25, 0.3) is 0 Å². The minimum atomic E-state index is -0.537. The fourth-order valence-corrected chi connectivity index (χ4v) is 2.55. The first-order valence-electron chi connectivity index (χ1n) is 6.52. The maximum atomic E-state index is 13.4. The number of hydrogen-bond acceptors (Lipinski definition) is 1. The van der Waals surface area contributed by atoms with Gasteiger partial charge in [-0.2, -0.15) is 0 Å². The highest BCUT2D eigenvalue weighted by Crippen LogP contribution is 2.21. The van der Waals surface area contributed by atoms with Crippen LogP contribution >= 0.6 is 22.6 Å². The smallest absolute Gasteiger partial charge is 0.126 e. The van der Waals surface area contributed by atoms with Crippen LogP contribution in [0.15, 0.2) is 42.5 Å². The van der Waals surface area contributed by atoms with Gasteiger partial charge in [0.25, 0.3) is 0 Å². The number of nitrogens with one attached hydrogen (secondary N) is 1. The molecular formula is C16H16F2IN. The number of benzene rings is 2. The predicted molar refractivity (Wildman–Crippen MR) is 85.6 cm³/mol. The van der Waals surface area contributed by atoms with Gasteiger partial charge in [-0.3, -0.25) is 0 Å². The number of hydrogen-bond donors (Lipinski definition) is 1. The maximum Gasteiger partial charge on any atom is 0.126 e. The molecule has 0 amide bonds. The molecule has 0 spiro atoms. The van der Waals surface area contributed by atoms with Crippen molar-refractivity contribution in [3.8, 4) is 0 Å². The van der Waals surface area contributed by atoms with Crippen LogP contribution in [-0.4, -0.2) is 6.54 Å². The van der Waals surface area contributed by atoms with Crippen LogP contribution in [0, 0.1) is 15.2 Å². The van der Waals surface area contributed by atoms with E-state index in [1.165, 1.54) is 15.7 Å². The van der Waals surface area contributed by atoms with Gasteiger partial charge in [0.05, 0.1) is 0 Å². The summed E-state index contributed by atoms with van der Waals surface area (Å²) in [5, 5.41) is 3.28. The number of rotatable bonds is 5. The van der Waals surface area contributed by atoms with Gasteiger partial charge in [0.1, 0.15) is 11.6 Å². The highest BCUT2D eigenvalue weighted by atomic mass is 127. The molecule has 0 saturated carbocycles. The first-order valence-corrected chi connectivity index (χ1v) is 7.60. The Morgan fingerprint density at radius 1 is 1.05 bits per heavy atom. The van der Waals surface area contributed by atoms with Crippen LogP contribution in [0.2, 0.25) is 0 Å². The summed E-state index contributed by atoms with van der Waals surface area (Å²) >= 11 is 2.25. The molecule has 0 aliphatic heterocycles. The molecule has 0 aliphatic carbocycles. The van der Waals surface area contributed by atoms with Crippen molar-refractivity contribution in [2.24, 2.45) is 0 Å². The Balaban J connectivity index is 2.23. The van der Waals surface area contributed by atoms with Crippen LogP contribution in [0.3, 0.4) is 0 Å². The molecule has 0 aliphatic rings. The molecule has 1 N–H and O–H groups in total. The third-order valence-corrected chi connectivity index (χ3v) is 3.81. The maximum absolute atomic E-state index is 13.4. The molecule has 0 bridgehead atoms. The van der Waals surface area contributed by atoms with E-state index in [2.05, 4.69) is 27.9 Å². The predicted octanol–water partition coefficient (Wildman–Crippen LogP) is 4.46. The minimum absolute atomic E-state index is 0.0924. The lowest BCUT2D eigenvalue weighted by molar-refractivity contribution is 0.529. The van der Waals surface area contributed by atoms with Crippen molar-refractivity contribution >= 4 is 22.6 Å². The molecule has 1 unspecified atom stereocenters. The van der Waals surface area contributed by atoms with E-state index in [1.807, 2.05) is 31.2 Å². The molecule has 1 nitrogen and oxygen atoms in total. The Kier molecular flexibility index (Phi) is 5.48. The molecule has 1 atom stereocenters. The largest absolute Gasteiger partial charge is 0.310 e. The zero-order valence-electron chi connectivity index (χ0n) is 11.2. The summed E-state index contributed by atoms with van der Waals surface area (Å²) in [6, 6.07) is 11.7. The summed E-state index contributed by atoms with van der Waals surface area (Å²) in [6.45, 7) is 2.73. The fourth-order valence-electron chi connectivity index (χ4n) is 2.19. The Morgan fingerprint density at radius 2 is 1.65 bits per heavy atom. The molecule has 0 aromatic heterocycles. The Hall–Kier alpha value is -1.01. The Morgan fingerprint density at radius 3 is 2.20 bits per heavy atom. The molecule has 0 heterocycles. The van der Waals surface area contributed by atoms with Gasteiger partial charge >= 0.3 is 0 Å². The van der Waals surface area contributed by atoms with Crippen LogP contribution in [0.5, 0.6) is 0 Å². The minimum Gasteiger partial charge on any atom is -0.310 e. The van der Waals surface area contributed by atoms with E-state index in [4.69, 9.17) is 0 Å². The van der Waals surface area contributed by atoms with Gasteiger partial charge < -0.3 is 5.32 Å². The lowest BCUT2D eigenvalue weighted by Gasteiger charge is -2.19. The van der Waals surface area contributed by atoms with Crippen molar-refractivity contribution < 1.29 is 8.78 Å². The van der Waals surface area contributed by atoms with Crippen molar-refractivity contribution in [1.29, 1.82) is 0 Å². The lowest BCUT2D eigenvalue weighted by atomic mass is 9.98. The van der Waals surface area contributed by atoms with Gasteiger partial charge in [-0.25, -0.2) is 8.78 Å². The summed E-state index contributed by atoms with van der Waals surface area (Å²) in [5.74, 6) is -1.07. The summed E-state index contributed by atoms with van der Waals surface area (Å²) in [5.41, 5.74) is 1.78. The van der Waals surface area contributed by atoms with Crippen LogP contribution < -0.4 is 5.32 Å². The van der Waals surface area contributed by atoms with E-state index in [1.54, 1.807) is 0 Å². The van der Waals surface area contributed by atoms with E-state index >= 15 is 0 Å². The van der Waals surface area contributed by atoms with Crippen molar-refractivity contribution in [2.75, 3.05) is 6.54 Å². The van der Waals surface area contributed by atoms with Crippen LogP contribution in [0.1, 0.15) is 24.1 Å². The van der Waals surface area contributed by atoms with E-state index in [9.17, 15) is 8.78 Å². The van der Waals surface area contributed by atoms with Crippen molar-refractivity contribution in [1.82, 2.24) is 5.32 Å². The highest BCUT2D eigenvalue weighted by Gasteiger charge is 2.13. The van der Waals surface area contributed by atoms with Crippen molar-refractivity contribution in [2.45, 2.75) is 19.4 Å². The summed E-state index contributed by atoms with van der Waals surface area (Å²) in [6.07, 6.45) is 0.702. The quantitative estimate of drug-likeness (QED) is 0.747. The summed E-state index contributed by atoms with van der Waals surface area (Å²) < 4.78 is 27.9. The molecule has 0 radical (unpaired) electrons. The third-order valence-electron chi connectivity index (χ3n) is 3.09. The second-order valence-corrected chi connectivity index (χ2v) is 5.89. The van der Waals surface area contributed by atoms with Crippen molar-refractivity contribution in [3.63, 3.8) is 0 Å².